The quantitative estimate of drug-likeness (QED) is 0.221. The van der Waals surface area contributed by atoms with Crippen molar-refractivity contribution < 1.29 is 19.3 Å². The van der Waals surface area contributed by atoms with E-state index in [1.54, 1.807) is 0 Å². The minimum Gasteiger partial charge on any atom is -0.391 e. The number of piperidine rings is 1. The minimum absolute atomic E-state index is 0.199. The third kappa shape index (κ3) is 4.21. The molecule has 9 nitrogen and oxygen atoms in total. The van der Waals surface area contributed by atoms with Crippen molar-refractivity contribution in [2.24, 2.45) is 11.6 Å². The van der Waals surface area contributed by atoms with Crippen LogP contribution in [0.2, 0.25) is 0 Å². The fourth-order valence-corrected chi connectivity index (χ4v) is 3.63. The summed E-state index contributed by atoms with van der Waals surface area (Å²) in [5, 5.41) is 14.1. The number of carbonyl (C=O) groups is 2. The Kier molecular flexibility index (Phi) is 6.83. The van der Waals surface area contributed by atoms with Crippen molar-refractivity contribution in [3.8, 4) is 0 Å². The number of hydrogen-bond donors (Lipinski definition) is 5. The van der Waals surface area contributed by atoms with Gasteiger partial charge < -0.3 is 10.4 Å². The molecule has 1 rings (SSSR count). The number of aliphatic hydroxyl groups excluding tert-OH is 1. The molecular weight excluding hydrogens is 309 g/mol. The van der Waals surface area contributed by atoms with E-state index >= 15 is 0 Å². The van der Waals surface area contributed by atoms with Crippen molar-refractivity contribution in [2.75, 3.05) is 13.1 Å². The van der Waals surface area contributed by atoms with Crippen molar-refractivity contribution in [1.29, 1.82) is 0 Å². The van der Waals surface area contributed by atoms with Crippen LogP contribution in [0.3, 0.4) is 0 Å². The summed E-state index contributed by atoms with van der Waals surface area (Å²) in [5.74, 6) is 4.40. The highest BCUT2D eigenvalue weighted by Crippen LogP contribution is 2.39. The zero-order chi connectivity index (χ0) is 16.9. The first-order valence-electron chi connectivity index (χ1n) is 7.29. The zero-order valence-electron chi connectivity index (χ0n) is 12.9. The van der Waals surface area contributed by atoms with Gasteiger partial charge in [0.2, 0.25) is 5.91 Å². The lowest BCUT2D eigenvalue weighted by molar-refractivity contribution is -0.137. The topological polar surface area (TPSA) is 151 Å². The van der Waals surface area contributed by atoms with Crippen LogP contribution in [0.4, 0.5) is 0 Å². The van der Waals surface area contributed by atoms with E-state index in [1.165, 1.54) is 6.92 Å². The van der Waals surface area contributed by atoms with Gasteiger partial charge in [0.1, 0.15) is 0 Å². The van der Waals surface area contributed by atoms with E-state index in [1.807, 2.05) is 6.92 Å². The van der Waals surface area contributed by atoms with E-state index in [9.17, 15) is 19.3 Å². The molecule has 0 radical (unpaired) electrons. The summed E-state index contributed by atoms with van der Waals surface area (Å²) in [5.41, 5.74) is 5.95. The summed E-state index contributed by atoms with van der Waals surface area (Å²) in [7, 11) is -2.48. The van der Waals surface area contributed by atoms with Gasteiger partial charge in [0.25, 0.3) is 0 Å². The molecule has 10 heteroatoms. The molecule has 0 aromatic heterocycles. The number of rotatable bonds is 7. The van der Waals surface area contributed by atoms with Crippen LogP contribution in [-0.2, 0) is 14.2 Å². The summed E-state index contributed by atoms with van der Waals surface area (Å²) in [6, 6.07) is -1.11. The standard InChI is InChI=1S/C12H24N5O4P/c1-3-6-15-10(19)9(8(2)18)16-22(21)12(13)5-4-7-17(14)11(12)20/h8-9,18H,3-7,13-14H2,1-2H3,(H-,15,16,19,21)/p+1/t8?,9?,12-/m0/s1. The Hall–Kier alpha value is -1.12. The number of carbonyl (C=O) groups excluding carboxylic acids is 2. The van der Waals surface area contributed by atoms with Gasteiger partial charge in [-0.3, -0.25) is 20.3 Å². The molecule has 1 saturated heterocycles. The monoisotopic (exact) mass is 334 g/mol. The molecular formula is C12H25N5O4P+. The maximum absolute atomic E-state index is 12.5. The van der Waals surface area contributed by atoms with E-state index in [0.29, 0.717) is 19.5 Å². The van der Waals surface area contributed by atoms with Crippen LogP contribution in [0.15, 0.2) is 0 Å². The van der Waals surface area contributed by atoms with Crippen LogP contribution >= 0.6 is 7.95 Å². The summed E-state index contributed by atoms with van der Waals surface area (Å²) in [6.45, 7) is 4.06. The highest BCUT2D eigenvalue weighted by molar-refractivity contribution is 7.45. The lowest BCUT2D eigenvalue weighted by Crippen LogP contribution is -2.61. The van der Waals surface area contributed by atoms with E-state index in [0.717, 1.165) is 11.4 Å². The van der Waals surface area contributed by atoms with Crippen molar-refractivity contribution in [3.05, 3.63) is 0 Å². The maximum atomic E-state index is 12.5. The van der Waals surface area contributed by atoms with Crippen molar-refractivity contribution >= 4 is 19.8 Å². The molecule has 0 aromatic carbocycles. The lowest BCUT2D eigenvalue weighted by Gasteiger charge is -2.29. The van der Waals surface area contributed by atoms with Crippen molar-refractivity contribution in [1.82, 2.24) is 15.4 Å². The van der Waals surface area contributed by atoms with Crippen molar-refractivity contribution in [2.45, 2.75) is 50.5 Å². The van der Waals surface area contributed by atoms with Crippen molar-refractivity contribution in [3.63, 3.8) is 0 Å². The molecule has 1 heterocycles. The average Bonchev–Trinajstić information content (AvgIpc) is 2.47. The number of hydrogen-bond acceptors (Lipinski definition) is 6. The Morgan fingerprint density at radius 3 is 2.77 bits per heavy atom. The highest BCUT2D eigenvalue weighted by Gasteiger charge is 2.57. The van der Waals surface area contributed by atoms with E-state index in [4.69, 9.17) is 11.6 Å². The number of hydrazine groups is 1. The zero-order valence-corrected chi connectivity index (χ0v) is 13.8. The highest BCUT2D eigenvalue weighted by atomic mass is 31.1. The molecule has 0 bridgehead atoms. The number of nitrogens with two attached hydrogens (primary N) is 2. The van der Waals surface area contributed by atoms with Gasteiger partial charge in [0.15, 0.2) is 6.04 Å². The molecule has 4 atom stereocenters. The van der Waals surface area contributed by atoms with Crippen LogP contribution < -0.4 is 22.0 Å². The Morgan fingerprint density at radius 2 is 2.23 bits per heavy atom. The van der Waals surface area contributed by atoms with Crippen LogP contribution in [0.25, 0.3) is 0 Å². The number of nitrogens with one attached hydrogen (secondary N) is 2. The predicted molar refractivity (Wildman–Crippen MR) is 81.6 cm³/mol. The van der Waals surface area contributed by atoms with Crippen LogP contribution in [0.1, 0.15) is 33.1 Å². The molecule has 0 spiro atoms. The maximum Gasteiger partial charge on any atom is 0.465 e. The van der Waals surface area contributed by atoms with Gasteiger partial charge in [0, 0.05) is 19.5 Å². The molecule has 1 aliphatic heterocycles. The van der Waals surface area contributed by atoms with E-state index in [2.05, 4.69) is 10.4 Å². The summed E-state index contributed by atoms with van der Waals surface area (Å²) < 4.78 is 12.5. The predicted octanol–water partition coefficient (Wildman–Crippen LogP) is -1.25. The van der Waals surface area contributed by atoms with Crippen LogP contribution in [0, 0.1) is 0 Å². The second kappa shape index (κ2) is 7.94. The lowest BCUT2D eigenvalue weighted by atomic mass is 10.1. The summed E-state index contributed by atoms with van der Waals surface area (Å²) >= 11 is 0. The molecule has 126 valence electrons. The molecule has 3 unspecified atom stereocenters. The number of aliphatic hydroxyl groups is 1. The Morgan fingerprint density at radius 1 is 1.59 bits per heavy atom. The van der Waals surface area contributed by atoms with Gasteiger partial charge >= 0.3 is 19.1 Å². The van der Waals surface area contributed by atoms with Gasteiger partial charge in [-0.2, -0.15) is 0 Å². The summed E-state index contributed by atoms with van der Waals surface area (Å²) in [6.07, 6.45) is 0.353. The number of amides is 2. The fourth-order valence-electron chi connectivity index (χ4n) is 2.15. The molecule has 7 N–H and O–H groups in total. The third-order valence-corrected chi connectivity index (χ3v) is 5.17. The van der Waals surface area contributed by atoms with Gasteiger partial charge in [-0.05, 0) is 24.3 Å². The van der Waals surface area contributed by atoms with Gasteiger partial charge in [-0.25, -0.2) is 5.84 Å². The first-order valence-corrected chi connectivity index (χ1v) is 8.54. The van der Waals surface area contributed by atoms with Gasteiger partial charge in [0.05, 0.1) is 6.10 Å². The molecule has 2 amide bonds. The number of nitrogens with zero attached hydrogens (tertiary/aromatic N) is 1. The molecule has 0 aliphatic carbocycles. The molecule has 22 heavy (non-hydrogen) atoms. The molecule has 1 fully saturated rings. The Balaban J connectivity index is 2.82. The summed E-state index contributed by atoms with van der Waals surface area (Å²) in [4.78, 5) is 24.1. The van der Waals surface area contributed by atoms with Crippen LogP contribution in [0.5, 0.6) is 0 Å². The second-order valence-electron chi connectivity index (χ2n) is 5.46. The normalized spacial score (nSPS) is 25.6. The first-order chi connectivity index (χ1) is 10.2. The van der Waals surface area contributed by atoms with E-state index in [-0.39, 0.29) is 6.42 Å². The third-order valence-electron chi connectivity index (χ3n) is 3.52. The fraction of sp³-hybridized carbons (Fsp3) is 0.833. The Labute approximate surface area is 130 Å². The van der Waals surface area contributed by atoms with Gasteiger partial charge in [-0.1, -0.05) is 12.0 Å². The molecule has 1 aliphatic rings. The SMILES string of the molecule is CCCNC(=O)C(N[P+](=O)[C@@]1(N)CCCN(N)C1=O)C(C)O. The largest absolute Gasteiger partial charge is 0.465 e. The first kappa shape index (κ1) is 18.9. The smallest absolute Gasteiger partial charge is 0.391 e. The molecule has 0 aromatic rings. The minimum atomic E-state index is -2.48. The van der Waals surface area contributed by atoms with Gasteiger partial charge in [-0.15, -0.1) is 0 Å². The average molecular weight is 334 g/mol. The van der Waals surface area contributed by atoms with Crippen LogP contribution in [-0.4, -0.2) is 52.4 Å². The Bertz CT molecular complexity index is 447. The van der Waals surface area contributed by atoms with E-state index < -0.39 is 37.2 Å². The second-order valence-corrected chi connectivity index (χ2v) is 7.10. The molecule has 0 saturated carbocycles.